The van der Waals surface area contributed by atoms with Gasteiger partial charge in [0.25, 0.3) is 5.78 Å². The van der Waals surface area contributed by atoms with Gasteiger partial charge in [-0.1, -0.05) is 36.1 Å². The van der Waals surface area contributed by atoms with Gasteiger partial charge in [0.15, 0.2) is 0 Å². The zero-order chi connectivity index (χ0) is 22.0. The summed E-state index contributed by atoms with van der Waals surface area (Å²) in [7, 11) is 0. The summed E-state index contributed by atoms with van der Waals surface area (Å²) in [5.74, 6) is -1.23. The van der Waals surface area contributed by atoms with Crippen molar-refractivity contribution >= 4 is 33.9 Å². The van der Waals surface area contributed by atoms with Gasteiger partial charge >= 0.3 is 5.91 Å². The van der Waals surface area contributed by atoms with Crippen molar-refractivity contribution in [1.82, 2.24) is 15.2 Å². The van der Waals surface area contributed by atoms with Crippen LogP contribution in [0.4, 0.5) is 5.13 Å². The molecule has 1 N–H and O–H groups in total. The normalized spacial score (nSPS) is 17.7. The molecule has 0 saturated carbocycles. The lowest BCUT2D eigenvalue weighted by Crippen LogP contribution is -2.29. The molecule has 1 aliphatic rings. The summed E-state index contributed by atoms with van der Waals surface area (Å²) in [4.78, 5) is 31.2. The van der Waals surface area contributed by atoms with Crippen molar-refractivity contribution in [1.29, 1.82) is 0 Å². The topological polar surface area (TPSA) is 106 Å². The first-order chi connectivity index (χ1) is 15.0. The Balaban J connectivity index is 1.86. The van der Waals surface area contributed by atoms with E-state index in [0.29, 0.717) is 28.5 Å². The molecular weight excluding hydrogens is 416 g/mol. The van der Waals surface area contributed by atoms with Crippen LogP contribution in [0.3, 0.4) is 0 Å². The van der Waals surface area contributed by atoms with Crippen LogP contribution in [-0.2, 0) is 9.59 Å². The zero-order valence-electron chi connectivity index (χ0n) is 16.6. The Morgan fingerprint density at radius 3 is 2.52 bits per heavy atom. The third-order valence-electron chi connectivity index (χ3n) is 4.68. The number of anilines is 1. The van der Waals surface area contributed by atoms with Crippen LogP contribution in [0.15, 0.2) is 67.0 Å². The molecule has 0 aliphatic carbocycles. The number of carbonyl (C=O) groups is 2. The van der Waals surface area contributed by atoms with Crippen molar-refractivity contribution in [3.63, 3.8) is 0 Å². The smallest absolute Gasteiger partial charge is 0.301 e. The van der Waals surface area contributed by atoms with Crippen molar-refractivity contribution < 1.29 is 19.4 Å². The van der Waals surface area contributed by atoms with Crippen molar-refractivity contribution in [3.05, 3.63) is 83.2 Å². The molecule has 0 radical (unpaired) electrons. The first kappa shape index (κ1) is 20.4. The molecule has 1 amide bonds. The number of benzene rings is 1. The molecule has 3 heterocycles. The predicted molar refractivity (Wildman–Crippen MR) is 116 cm³/mol. The number of aliphatic hydroxyl groups excluding tert-OH is 1. The van der Waals surface area contributed by atoms with E-state index in [-0.39, 0.29) is 16.5 Å². The van der Waals surface area contributed by atoms with E-state index in [0.717, 1.165) is 0 Å². The number of nitrogens with zero attached hydrogens (tertiary/aromatic N) is 4. The van der Waals surface area contributed by atoms with E-state index in [1.165, 1.54) is 28.6 Å². The number of hydrogen-bond donors (Lipinski definition) is 1. The van der Waals surface area contributed by atoms with Crippen LogP contribution >= 0.6 is 11.3 Å². The lowest BCUT2D eigenvalue weighted by molar-refractivity contribution is -0.132. The Labute approximate surface area is 182 Å². The van der Waals surface area contributed by atoms with Gasteiger partial charge in [-0.05, 0) is 36.8 Å². The number of ether oxygens (including phenoxy) is 1. The second kappa shape index (κ2) is 8.49. The van der Waals surface area contributed by atoms with Gasteiger partial charge in [0.2, 0.25) is 5.13 Å². The molecule has 31 heavy (non-hydrogen) atoms. The van der Waals surface area contributed by atoms with Gasteiger partial charge in [-0.15, -0.1) is 10.2 Å². The van der Waals surface area contributed by atoms with E-state index in [2.05, 4.69) is 21.8 Å². The minimum Gasteiger partial charge on any atom is -0.507 e. The SMILES string of the molecule is C=CCOc1ccc(C2C(=C(O)c3ccncc3)C(=O)C(=O)N2c2nnc(C)s2)cc1. The molecular formula is C22H18N4O4S. The minimum absolute atomic E-state index is 0.0242. The Bertz CT molecular complexity index is 1170. The number of rotatable bonds is 6. The number of aryl methyl sites for hydroxylation is 1. The summed E-state index contributed by atoms with van der Waals surface area (Å²) in [5.41, 5.74) is 0.981. The van der Waals surface area contributed by atoms with Crippen LogP contribution in [0.1, 0.15) is 22.2 Å². The summed E-state index contributed by atoms with van der Waals surface area (Å²) in [6, 6.07) is 9.23. The Kier molecular flexibility index (Phi) is 5.59. The summed E-state index contributed by atoms with van der Waals surface area (Å²) < 4.78 is 5.52. The third-order valence-corrected chi connectivity index (χ3v) is 5.52. The molecule has 1 aliphatic heterocycles. The standard InChI is InChI=1S/C22H18N4O4S/c1-3-12-30-16-6-4-14(5-7-16)18-17(19(27)15-8-10-23-11-9-15)20(28)21(29)26(18)22-25-24-13(2)31-22/h3-11,18,27H,1,12H2,2H3. The number of amides is 1. The highest BCUT2D eigenvalue weighted by atomic mass is 32.1. The van der Waals surface area contributed by atoms with Gasteiger partial charge in [0.05, 0.1) is 11.6 Å². The summed E-state index contributed by atoms with van der Waals surface area (Å²) in [5, 5.41) is 19.9. The van der Waals surface area contributed by atoms with Crippen molar-refractivity contribution in [2.24, 2.45) is 0 Å². The Morgan fingerprint density at radius 1 is 1.19 bits per heavy atom. The summed E-state index contributed by atoms with van der Waals surface area (Å²) >= 11 is 1.19. The summed E-state index contributed by atoms with van der Waals surface area (Å²) in [6.45, 7) is 5.73. The fraction of sp³-hybridized carbons (Fsp3) is 0.136. The Hall–Kier alpha value is -3.85. The molecule has 0 bridgehead atoms. The van der Waals surface area contributed by atoms with E-state index in [1.54, 1.807) is 49.4 Å². The molecule has 1 unspecified atom stereocenters. The number of Topliss-reactive ketones (excluding diaryl/α,β-unsaturated/α-hetero) is 1. The summed E-state index contributed by atoms with van der Waals surface area (Å²) in [6.07, 6.45) is 4.63. The van der Waals surface area contributed by atoms with Crippen LogP contribution in [0.25, 0.3) is 5.76 Å². The number of hydrogen-bond acceptors (Lipinski definition) is 8. The third kappa shape index (κ3) is 3.82. The van der Waals surface area contributed by atoms with Crippen molar-refractivity contribution in [2.75, 3.05) is 11.5 Å². The maximum absolute atomic E-state index is 13.0. The van der Waals surface area contributed by atoms with Gasteiger partial charge in [0, 0.05) is 18.0 Å². The average molecular weight is 434 g/mol. The van der Waals surface area contributed by atoms with E-state index in [9.17, 15) is 14.7 Å². The molecule has 4 rings (SSSR count). The van der Waals surface area contributed by atoms with Crippen molar-refractivity contribution in [2.45, 2.75) is 13.0 Å². The van der Waals surface area contributed by atoms with Crippen LogP contribution in [-0.4, -0.2) is 38.6 Å². The second-order valence-corrected chi connectivity index (χ2v) is 7.84. The first-order valence-corrected chi connectivity index (χ1v) is 10.2. The molecule has 3 aromatic rings. The highest BCUT2D eigenvalue weighted by molar-refractivity contribution is 7.15. The van der Waals surface area contributed by atoms with Gasteiger partial charge in [-0.3, -0.25) is 19.5 Å². The molecule has 1 atom stereocenters. The average Bonchev–Trinajstić information content (AvgIpc) is 3.33. The number of pyridine rings is 1. The molecule has 1 aromatic carbocycles. The molecule has 1 fully saturated rings. The quantitative estimate of drug-likeness (QED) is 0.274. The molecule has 156 valence electrons. The molecule has 2 aromatic heterocycles. The van der Waals surface area contributed by atoms with E-state index in [1.807, 2.05) is 0 Å². The van der Waals surface area contributed by atoms with E-state index < -0.39 is 17.7 Å². The number of carbonyl (C=O) groups excluding carboxylic acids is 2. The minimum atomic E-state index is -0.867. The predicted octanol–water partition coefficient (Wildman–Crippen LogP) is 3.43. The van der Waals surface area contributed by atoms with E-state index >= 15 is 0 Å². The lowest BCUT2D eigenvalue weighted by atomic mass is 9.95. The van der Waals surface area contributed by atoms with Crippen LogP contribution in [0.2, 0.25) is 0 Å². The van der Waals surface area contributed by atoms with Crippen LogP contribution < -0.4 is 9.64 Å². The maximum atomic E-state index is 13.0. The Morgan fingerprint density at radius 2 is 1.90 bits per heavy atom. The van der Waals surface area contributed by atoms with Gasteiger partial charge in [-0.2, -0.15) is 0 Å². The second-order valence-electron chi connectivity index (χ2n) is 6.68. The molecule has 0 spiro atoms. The molecule has 8 nitrogen and oxygen atoms in total. The van der Waals surface area contributed by atoms with E-state index in [4.69, 9.17) is 4.74 Å². The highest BCUT2D eigenvalue weighted by Gasteiger charge is 2.48. The largest absolute Gasteiger partial charge is 0.507 e. The van der Waals surface area contributed by atoms with Crippen LogP contribution in [0, 0.1) is 6.92 Å². The van der Waals surface area contributed by atoms with Gasteiger partial charge < -0.3 is 9.84 Å². The molecule has 9 heteroatoms. The van der Waals surface area contributed by atoms with Gasteiger partial charge in [-0.25, -0.2) is 0 Å². The fourth-order valence-electron chi connectivity index (χ4n) is 3.30. The van der Waals surface area contributed by atoms with Crippen molar-refractivity contribution in [3.8, 4) is 5.75 Å². The maximum Gasteiger partial charge on any atom is 0.301 e. The first-order valence-electron chi connectivity index (χ1n) is 9.36. The monoisotopic (exact) mass is 434 g/mol. The number of aromatic nitrogens is 3. The van der Waals surface area contributed by atoms with Gasteiger partial charge in [0.1, 0.15) is 23.1 Å². The fourth-order valence-corrected chi connectivity index (χ4v) is 4.01. The highest BCUT2D eigenvalue weighted by Crippen LogP contribution is 2.43. The zero-order valence-corrected chi connectivity index (χ0v) is 17.4. The van der Waals surface area contributed by atoms with Crippen LogP contribution in [0.5, 0.6) is 5.75 Å². The lowest BCUT2D eigenvalue weighted by Gasteiger charge is -2.22. The number of ketones is 1. The molecule has 1 saturated heterocycles. The number of aliphatic hydroxyl groups is 1.